The second-order valence-corrected chi connectivity index (χ2v) is 10.5. The molecule has 3 fully saturated rings. The molecule has 1 saturated heterocycles. The summed E-state index contributed by atoms with van der Waals surface area (Å²) in [7, 11) is -3.26. The fourth-order valence-corrected chi connectivity index (χ4v) is 7.30. The van der Waals surface area contributed by atoms with Crippen molar-refractivity contribution in [1.82, 2.24) is 4.31 Å². The first-order valence-corrected chi connectivity index (χ1v) is 11.5. The molecule has 2 aliphatic carbocycles. The molecule has 1 aliphatic heterocycles. The van der Waals surface area contributed by atoms with E-state index in [2.05, 4.69) is 5.32 Å². The van der Waals surface area contributed by atoms with Gasteiger partial charge in [0.25, 0.3) is 0 Å². The van der Waals surface area contributed by atoms with E-state index in [1.165, 1.54) is 37.1 Å². The first kappa shape index (κ1) is 18.9. The van der Waals surface area contributed by atoms with Crippen molar-refractivity contribution in [3.63, 3.8) is 0 Å². The van der Waals surface area contributed by atoms with E-state index in [0.717, 1.165) is 25.2 Å². The number of sulfonamides is 1. The molecule has 148 valence electrons. The highest BCUT2D eigenvalue weighted by Gasteiger charge is 2.48. The van der Waals surface area contributed by atoms with E-state index in [1.54, 1.807) is 4.31 Å². The zero-order valence-electron chi connectivity index (χ0n) is 15.5. The number of fused-ring (bicyclic) bond motifs is 2. The summed E-state index contributed by atoms with van der Waals surface area (Å²) < 4.78 is 40.4. The van der Waals surface area contributed by atoms with Crippen LogP contribution in [0.3, 0.4) is 0 Å². The molecule has 1 amide bonds. The normalized spacial score (nSPS) is 29.1. The van der Waals surface area contributed by atoms with Crippen LogP contribution in [0.4, 0.5) is 10.1 Å². The van der Waals surface area contributed by atoms with Crippen LogP contribution in [-0.4, -0.2) is 37.5 Å². The number of carbonyl (C=O) groups is 1. The van der Waals surface area contributed by atoms with E-state index in [9.17, 15) is 17.6 Å². The van der Waals surface area contributed by atoms with E-state index in [-0.39, 0.29) is 28.8 Å². The molecule has 1 heterocycles. The lowest BCUT2D eigenvalue weighted by Gasteiger charge is -2.34. The van der Waals surface area contributed by atoms with E-state index in [4.69, 9.17) is 0 Å². The molecule has 1 aromatic rings. The first-order chi connectivity index (χ1) is 12.9. The van der Waals surface area contributed by atoms with Crippen molar-refractivity contribution in [2.45, 2.75) is 44.9 Å². The van der Waals surface area contributed by atoms with Crippen LogP contribution in [0.25, 0.3) is 0 Å². The van der Waals surface area contributed by atoms with Gasteiger partial charge in [0.2, 0.25) is 15.9 Å². The fourth-order valence-electron chi connectivity index (χ4n) is 5.17. The minimum atomic E-state index is -3.26. The molecule has 4 rings (SSSR count). The lowest BCUT2D eigenvalue weighted by Crippen LogP contribution is -2.44. The summed E-state index contributed by atoms with van der Waals surface area (Å²) in [4.78, 5) is 12.4. The number of carbonyl (C=O) groups excluding carboxylic acids is 1. The number of hydrogen-bond acceptors (Lipinski definition) is 3. The molecule has 0 radical (unpaired) electrons. The zero-order valence-corrected chi connectivity index (χ0v) is 16.3. The molecule has 0 aromatic heterocycles. The van der Waals surface area contributed by atoms with Crippen molar-refractivity contribution in [3.8, 4) is 0 Å². The Hall–Kier alpha value is -1.47. The summed E-state index contributed by atoms with van der Waals surface area (Å²) in [6.45, 7) is 0.812. The minimum Gasteiger partial charge on any atom is -0.326 e. The zero-order chi connectivity index (χ0) is 19.1. The lowest BCUT2D eigenvalue weighted by atomic mass is 9.87. The van der Waals surface area contributed by atoms with Gasteiger partial charge in [-0.1, -0.05) is 0 Å². The van der Waals surface area contributed by atoms with Gasteiger partial charge in [-0.05, 0) is 80.5 Å². The number of nitrogens with zero attached hydrogens (tertiary/aromatic N) is 1. The number of hydrogen-bond donors (Lipinski definition) is 1. The van der Waals surface area contributed by atoms with E-state index >= 15 is 0 Å². The molecule has 2 bridgehead atoms. The van der Waals surface area contributed by atoms with Gasteiger partial charge in [0, 0.05) is 24.7 Å². The highest BCUT2D eigenvalue weighted by Crippen LogP contribution is 2.54. The van der Waals surface area contributed by atoms with E-state index in [1.807, 2.05) is 0 Å². The van der Waals surface area contributed by atoms with E-state index in [0.29, 0.717) is 31.6 Å². The maximum absolute atomic E-state index is 13.0. The Labute approximate surface area is 160 Å². The van der Waals surface area contributed by atoms with Crippen LogP contribution in [0.1, 0.15) is 44.9 Å². The third kappa shape index (κ3) is 4.04. The fraction of sp³-hybridized carbons (Fsp3) is 0.650. The predicted molar refractivity (Wildman–Crippen MR) is 102 cm³/mol. The third-order valence-electron chi connectivity index (χ3n) is 6.71. The van der Waals surface area contributed by atoms with Crippen LogP contribution in [-0.2, 0) is 14.8 Å². The van der Waals surface area contributed by atoms with Crippen LogP contribution in [0.5, 0.6) is 0 Å². The van der Waals surface area contributed by atoms with E-state index < -0.39 is 10.0 Å². The second kappa shape index (κ2) is 7.17. The van der Waals surface area contributed by atoms with Crippen LogP contribution in [0.2, 0.25) is 0 Å². The highest BCUT2D eigenvalue weighted by molar-refractivity contribution is 7.89. The monoisotopic (exact) mass is 394 g/mol. The van der Waals surface area contributed by atoms with Gasteiger partial charge in [-0.2, -0.15) is 0 Å². The van der Waals surface area contributed by atoms with Gasteiger partial charge in [0.05, 0.1) is 5.75 Å². The maximum atomic E-state index is 13.0. The molecule has 5 nitrogen and oxygen atoms in total. The topological polar surface area (TPSA) is 66.5 Å². The number of benzene rings is 1. The maximum Gasteiger partial charge on any atom is 0.227 e. The molecule has 0 atom stereocenters. The molecular formula is C20H27FN2O3S. The van der Waals surface area contributed by atoms with Gasteiger partial charge in [-0.15, -0.1) is 0 Å². The molecule has 0 unspecified atom stereocenters. The molecule has 3 aliphatic rings. The number of amides is 1. The molecule has 27 heavy (non-hydrogen) atoms. The Bertz CT molecular complexity index is 793. The molecule has 0 spiro atoms. The predicted octanol–water partition coefficient (Wildman–Crippen LogP) is 3.39. The summed E-state index contributed by atoms with van der Waals surface area (Å²) in [5.41, 5.74) is 0.577. The average molecular weight is 395 g/mol. The van der Waals surface area contributed by atoms with Gasteiger partial charge in [0.15, 0.2) is 0 Å². The number of piperidine rings is 1. The van der Waals surface area contributed by atoms with Gasteiger partial charge >= 0.3 is 0 Å². The Morgan fingerprint density at radius 1 is 1.11 bits per heavy atom. The Morgan fingerprint density at radius 2 is 1.74 bits per heavy atom. The van der Waals surface area contributed by atoms with Crippen LogP contribution in [0.15, 0.2) is 24.3 Å². The van der Waals surface area contributed by atoms with Crippen molar-refractivity contribution in [3.05, 3.63) is 30.1 Å². The van der Waals surface area contributed by atoms with Crippen LogP contribution in [0, 0.1) is 23.1 Å². The average Bonchev–Trinajstić information content (AvgIpc) is 3.23. The number of rotatable bonds is 5. The van der Waals surface area contributed by atoms with Crippen molar-refractivity contribution in [2.24, 2.45) is 17.3 Å². The number of halogens is 1. The summed E-state index contributed by atoms with van der Waals surface area (Å²) in [6, 6.07) is 5.67. The molecule has 7 heteroatoms. The Balaban J connectivity index is 1.31. The number of anilines is 1. The Kier molecular flexibility index (Phi) is 5.01. The lowest BCUT2D eigenvalue weighted by molar-refractivity contribution is -0.120. The first-order valence-electron chi connectivity index (χ1n) is 9.90. The number of nitrogens with one attached hydrogen (secondary N) is 1. The standard InChI is InChI=1S/C20H27FN2O3S/c21-17-1-3-18(4-2-17)22-19(24)16-7-11-23(12-8-16)27(25,26)14-20-9-5-15(13-20)6-10-20/h1-4,15-16H,5-14H2,(H,22,24). The van der Waals surface area contributed by atoms with Gasteiger partial charge in [-0.3, -0.25) is 4.79 Å². The van der Waals surface area contributed by atoms with Gasteiger partial charge in [0.1, 0.15) is 5.82 Å². The quantitative estimate of drug-likeness (QED) is 0.832. The molecule has 2 saturated carbocycles. The van der Waals surface area contributed by atoms with Crippen LogP contribution >= 0.6 is 0 Å². The summed E-state index contributed by atoms with van der Waals surface area (Å²) >= 11 is 0. The molecule has 1 aromatic carbocycles. The largest absolute Gasteiger partial charge is 0.326 e. The molecule has 1 N–H and O–H groups in total. The van der Waals surface area contributed by atoms with Crippen molar-refractivity contribution < 1.29 is 17.6 Å². The Morgan fingerprint density at radius 3 is 2.30 bits per heavy atom. The van der Waals surface area contributed by atoms with Crippen molar-refractivity contribution in [2.75, 3.05) is 24.2 Å². The molecular weight excluding hydrogens is 367 g/mol. The smallest absolute Gasteiger partial charge is 0.227 e. The van der Waals surface area contributed by atoms with Crippen molar-refractivity contribution >= 4 is 21.6 Å². The summed E-state index contributed by atoms with van der Waals surface area (Å²) in [5.74, 6) is 0.347. The van der Waals surface area contributed by atoms with Crippen LogP contribution < -0.4 is 5.32 Å². The van der Waals surface area contributed by atoms with Gasteiger partial charge < -0.3 is 5.32 Å². The summed E-state index contributed by atoms with van der Waals surface area (Å²) in [5, 5.41) is 2.80. The summed E-state index contributed by atoms with van der Waals surface area (Å²) in [6.07, 6.45) is 6.59. The SMILES string of the molecule is O=C(Nc1ccc(F)cc1)C1CCN(S(=O)(=O)CC23CCC(CC2)C3)CC1. The van der Waals surface area contributed by atoms with Gasteiger partial charge in [-0.25, -0.2) is 17.1 Å². The third-order valence-corrected chi connectivity index (χ3v) is 8.84. The second-order valence-electron chi connectivity index (χ2n) is 8.57. The van der Waals surface area contributed by atoms with Crippen molar-refractivity contribution in [1.29, 1.82) is 0 Å². The minimum absolute atomic E-state index is 0.0142. The highest BCUT2D eigenvalue weighted by atomic mass is 32.2.